The molecule has 1 aliphatic heterocycles. The van der Waals surface area contributed by atoms with Crippen molar-refractivity contribution in [2.24, 2.45) is 0 Å². The maximum atomic E-state index is 4.15. The Balaban J connectivity index is 2.52. The third kappa shape index (κ3) is 0.824. The molecule has 4 nitrogen and oxygen atoms in total. The van der Waals surface area contributed by atoms with Crippen LogP contribution in [0.1, 0.15) is 0 Å². The van der Waals surface area contributed by atoms with E-state index >= 15 is 0 Å². The van der Waals surface area contributed by atoms with Crippen LogP contribution < -0.4 is 9.80 Å². The van der Waals surface area contributed by atoms with Gasteiger partial charge in [-0.25, -0.2) is 9.97 Å². The van der Waals surface area contributed by atoms with E-state index in [2.05, 4.69) is 16.6 Å². The molecule has 0 aromatic carbocycles. The fraction of sp³-hybridized carbons (Fsp3) is 0.286. The number of fused-ring (bicyclic) bond motifs is 1. The highest BCUT2D eigenvalue weighted by atomic mass is 15.4. The van der Waals surface area contributed by atoms with Gasteiger partial charge in [0.1, 0.15) is 0 Å². The Kier molecular flexibility index (Phi) is 1.21. The van der Waals surface area contributed by atoms with Crippen LogP contribution in [-0.4, -0.2) is 24.1 Å². The highest BCUT2D eigenvalue weighted by Gasteiger charge is 2.23. The maximum absolute atomic E-state index is 4.15. The minimum absolute atomic E-state index is 0.856. The first kappa shape index (κ1) is 6.39. The monoisotopic (exact) mass is 148 g/mol. The van der Waals surface area contributed by atoms with Gasteiger partial charge in [0.2, 0.25) is 6.67 Å². The summed E-state index contributed by atoms with van der Waals surface area (Å²) < 4.78 is 0. The molecule has 2 rings (SSSR count). The Bertz CT molecular complexity index is 246. The van der Waals surface area contributed by atoms with Crippen molar-refractivity contribution in [3.05, 3.63) is 19.1 Å². The first-order valence-corrected chi connectivity index (χ1v) is 3.34. The van der Waals surface area contributed by atoms with Gasteiger partial charge >= 0.3 is 0 Å². The Labute approximate surface area is 65.5 Å². The zero-order chi connectivity index (χ0) is 7.84. The molecule has 1 aromatic rings. The molecule has 0 saturated carbocycles. The SMILES string of the molecule is CN1[C]N(C)c2nccnc21. The summed E-state index contributed by atoms with van der Waals surface area (Å²) in [6.45, 7) is 3.02. The molecule has 1 aliphatic rings. The molecule has 0 aliphatic carbocycles. The molecular weight excluding hydrogens is 140 g/mol. The third-order valence-electron chi connectivity index (χ3n) is 1.60. The summed E-state index contributed by atoms with van der Waals surface area (Å²) in [7, 11) is 3.80. The third-order valence-corrected chi connectivity index (χ3v) is 1.60. The van der Waals surface area contributed by atoms with Crippen LogP contribution >= 0.6 is 0 Å². The lowest BCUT2D eigenvalue weighted by Crippen LogP contribution is -2.17. The molecule has 4 heteroatoms. The lowest BCUT2D eigenvalue weighted by Gasteiger charge is -2.06. The van der Waals surface area contributed by atoms with Gasteiger partial charge in [-0.2, -0.15) is 0 Å². The summed E-state index contributed by atoms with van der Waals surface area (Å²) in [4.78, 5) is 11.9. The van der Waals surface area contributed by atoms with E-state index in [-0.39, 0.29) is 0 Å². The second kappa shape index (κ2) is 2.08. The van der Waals surface area contributed by atoms with Gasteiger partial charge in [0.25, 0.3) is 0 Å². The molecule has 0 unspecified atom stereocenters. The number of hydrogen-bond acceptors (Lipinski definition) is 4. The van der Waals surface area contributed by atoms with Crippen LogP contribution in [-0.2, 0) is 0 Å². The molecule has 0 fully saturated rings. The Morgan fingerprint density at radius 3 is 2.00 bits per heavy atom. The number of nitrogens with zero attached hydrogens (tertiary/aromatic N) is 4. The molecule has 0 amide bonds. The number of anilines is 2. The van der Waals surface area contributed by atoms with Crippen LogP contribution in [0.4, 0.5) is 11.6 Å². The summed E-state index contributed by atoms with van der Waals surface area (Å²) in [6.07, 6.45) is 3.35. The smallest absolute Gasteiger partial charge is 0.210 e. The second-order valence-corrected chi connectivity index (χ2v) is 2.42. The average Bonchev–Trinajstić information content (AvgIpc) is 2.30. The van der Waals surface area contributed by atoms with Gasteiger partial charge in [-0.3, -0.25) is 0 Å². The summed E-state index contributed by atoms with van der Waals surface area (Å²) in [5.74, 6) is 1.71. The van der Waals surface area contributed by atoms with Crippen molar-refractivity contribution in [2.45, 2.75) is 0 Å². The van der Waals surface area contributed by atoms with Crippen molar-refractivity contribution in [3.63, 3.8) is 0 Å². The predicted molar refractivity (Wildman–Crippen MR) is 42.1 cm³/mol. The molecule has 2 radical (unpaired) electrons. The zero-order valence-electron chi connectivity index (χ0n) is 6.44. The molecule has 56 valence electrons. The summed E-state index contributed by atoms with van der Waals surface area (Å²) in [5.41, 5.74) is 0. The quantitative estimate of drug-likeness (QED) is 0.531. The van der Waals surface area contributed by atoms with Crippen molar-refractivity contribution in [2.75, 3.05) is 23.9 Å². The second-order valence-electron chi connectivity index (χ2n) is 2.42. The summed E-state index contributed by atoms with van der Waals surface area (Å²) in [6, 6.07) is 0. The van der Waals surface area contributed by atoms with Crippen LogP contribution in [0.15, 0.2) is 12.4 Å². The molecule has 0 N–H and O–H groups in total. The Morgan fingerprint density at radius 2 is 1.55 bits per heavy atom. The van der Waals surface area contributed by atoms with Crippen LogP contribution in [0.2, 0.25) is 0 Å². The molecule has 1 aromatic heterocycles. The highest BCUT2D eigenvalue weighted by Crippen LogP contribution is 2.30. The predicted octanol–water partition coefficient (Wildman–Crippen LogP) is 0.359. The lowest BCUT2D eigenvalue weighted by molar-refractivity contribution is 1.02. The first-order valence-electron chi connectivity index (χ1n) is 3.34. The minimum atomic E-state index is 0.856. The van der Waals surface area contributed by atoms with Crippen LogP contribution in [0.5, 0.6) is 0 Å². The van der Waals surface area contributed by atoms with Gasteiger partial charge in [0.15, 0.2) is 11.6 Å². The van der Waals surface area contributed by atoms with E-state index in [0.29, 0.717) is 0 Å². The van der Waals surface area contributed by atoms with E-state index in [1.165, 1.54) is 0 Å². The van der Waals surface area contributed by atoms with Crippen molar-refractivity contribution >= 4 is 11.6 Å². The standard InChI is InChI=1S/C7H8N4/c1-10-5-11(2)7-6(10)8-3-4-9-7/h3-4H,1-2H3. The van der Waals surface area contributed by atoms with Gasteiger partial charge in [0, 0.05) is 26.5 Å². The van der Waals surface area contributed by atoms with Gasteiger partial charge < -0.3 is 9.80 Å². The molecule has 0 bridgehead atoms. The fourth-order valence-electron chi connectivity index (χ4n) is 1.12. The van der Waals surface area contributed by atoms with Crippen LogP contribution in [0.25, 0.3) is 0 Å². The van der Waals surface area contributed by atoms with Crippen molar-refractivity contribution < 1.29 is 0 Å². The van der Waals surface area contributed by atoms with Crippen molar-refractivity contribution in [1.29, 1.82) is 0 Å². The summed E-state index contributed by atoms with van der Waals surface area (Å²) in [5, 5.41) is 0. The first-order chi connectivity index (χ1) is 5.29. The van der Waals surface area contributed by atoms with Gasteiger partial charge in [-0.1, -0.05) is 0 Å². The normalized spacial score (nSPS) is 15.5. The summed E-state index contributed by atoms with van der Waals surface area (Å²) >= 11 is 0. The molecule has 0 atom stereocenters. The Hall–Kier alpha value is -1.32. The van der Waals surface area contributed by atoms with E-state index in [1.807, 2.05) is 23.9 Å². The molecular formula is C7H8N4. The Morgan fingerprint density at radius 1 is 1.09 bits per heavy atom. The van der Waals surface area contributed by atoms with E-state index in [1.54, 1.807) is 12.4 Å². The van der Waals surface area contributed by atoms with E-state index in [0.717, 1.165) is 11.6 Å². The van der Waals surface area contributed by atoms with Crippen molar-refractivity contribution in [3.8, 4) is 0 Å². The average molecular weight is 148 g/mol. The number of aromatic nitrogens is 2. The van der Waals surface area contributed by atoms with E-state index in [4.69, 9.17) is 0 Å². The molecule has 0 spiro atoms. The molecule has 11 heavy (non-hydrogen) atoms. The van der Waals surface area contributed by atoms with Crippen LogP contribution in [0.3, 0.4) is 0 Å². The largest absolute Gasteiger partial charge is 0.326 e. The number of hydrogen-bond donors (Lipinski definition) is 0. The molecule has 2 heterocycles. The van der Waals surface area contributed by atoms with Crippen LogP contribution in [0, 0.1) is 6.67 Å². The maximum Gasteiger partial charge on any atom is 0.210 e. The van der Waals surface area contributed by atoms with E-state index < -0.39 is 0 Å². The topological polar surface area (TPSA) is 32.3 Å². The van der Waals surface area contributed by atoms with Gasteiger partial charge in [0.05, 0.1) is 0 Å². The highest BCUT2D eigenvalue weighted by molar-refractivity contribution is 5.69. The van der Waals surface area contributed by atoms with Gasteiger partial charge in [-0.15, -0.1) is 0 Å². The van der Waals surface area contributed by atoms with E-state index in [9.17, 15) is 0 Å². The molecule has 0 saturated heterocycles. The lowest BCUT2D eigenvalue weighted by atomic mass is 10.6. The van der Waals surface area contributed by atoms with Crippen molar-refractivity contribution in [1.82, 2.24) is 9.97 Å². The number of rotatable bonds is 0. The van der Waals surface area contributed by atoms with Gasteiger partial charge in [-0.05, 0) is 0 Å². The zero-order valence-corrected chi connectivity index (χ0v) is 6.44. The fourth-order valence-corrected chi connectivity index (χ4v) is 1.12. The minimum Gasteiger partial charge on any atom is -0.326 e.